The maximum atomic E-state index is 11.8. The zero-order valence-corrected chi connectivity index (χ0v) is 9.80. The summed E-state index contributed by atoms with van der Waals surface area (Å²) in [6.45, 7) is 1.29. The van der Waals surface area contributed by atoms with Gasteiger partial charge >= 0.3 is 0 Å². The van der Waals surface area contributed by atoms with Gasteiger partial charge in [-0.05, 0) is 0 Å². The first kappa shape index (κ1) is 12.5. The van der Waals surface area contributed by atoms with E-state index < -0.39 is 4.92 Å². The van der Waals surface area contributed by atoms with Crippen molar-refractivity contribution in [1.29, 1.82) is 0 Å². The lowest BCUT2D eigenvalue weighted by atomic mass is 10.2. The van der Waals surface area contributed by atoms with Gasteiger partial charge in [0.05, 0.1) is 23.3 Å². The highest BCUT2D eigenvalue weighted by molar-refractivity contribution is 5.93. The molecule has 8 nitrogen and oxygen atoms in total. The monoisotopic (exact) mass is 254 g/mol. The fourth-order valence-electron chi connectivity index (χ4n) is 1.91. The molecule has 1 fully saturated rings. The summed E-state index contributed by atoms with van der Waals surface area (Å²) in [6, 6.07) is 1.07. The molecule has 1 aliphatic heterocycles. The molecule has 0 bridgehead atoms. The SMILES string of the molecule is CO[C@@H]1CNCC1NC(=O)c1cc([N+](=O)[O-])c[nH]1. The van der Waals surface area contributed by atoms with Crippen LogP contribution in [0.2, 0.25) is 0 Å². The molecular formula is C10H14N4O4. The molecule has 1 aromatic rings. The Morgan fingerprint density at radius 2 is 2.39 bits per heavy atom. The number of nitrogens with zero attached hydrogens (tertiary/aromatic N) is 1. The molecule has 1 amide bonds. The second kappa shape index (κ2) is 5.15. The Morgan fingerprint density at radius 3 is 3.00 bits per heavy atom. The van der Waals surface area contributed by atoms with Gasteiger partial charge in [-0.25, -0.2) is 0 Å². The molecule has 2 rings (SSSR count). The molecule has 1 aliphatic rings. The standard InChI is InChI=1S/C10H14N4O4/c1-18-9-5-11-4-8(9)13-10(15)7-2-6(3-12-7)14(16)17/h2-3,8-9,11-12H,4-5H2,1H3,(H,13,15)/t8?,9-/m1/s1. The highest BCUT2D eigenvalue weighted by Gasteiger charge is 2.29. The van der Waals surface area contributed by atoms with Crippen LogP contribution >= 0.6 is 0 Å². The van der Waals surface area contributed by atoms with Crippen molar-refractivity contribution in [3.63, 3.8) is 0 Å². The van der Waals surface area contributed by atoms with Crippen LogP contribution in [0.3, 0.4) is 0 Å². The number of nitrogens with one attached hydrogen (secondary N) is 3. The third-order valence-corrected chi connectivity index (χ3v) is 2.90. The van der Waals surface area contributed by atoms with Crippen LogP contribution in [0, 0.1) is 10.1 Å². The second-order valence-corrected chi connectivity index (χ2v) is 4.04. The average Bonchev–Trinajstić information content (AvgIpc) is 2.96. The van der Waals surface area contributed by atoms with Gasteiger partial charge in [-0.3, -0.25) is 14.9 Å². The number of carbonyl (C=O) groups is 1. The number of nitro groups is 1. The van der Waals surface area contributed by atoms with Gasteiger partial charge in [-0.1, -0.05) is 0 Å². The summed E-state index contributed by atoms with van der Waals surface area (Å²) in [5.74, 6) is -0.376. The Morgan fingerprint density at radius 1 is 1.61 bits per heavy atom. The number of hydrogen-bond acceptors (Lipinski definition) is 5. The van der Waals surface area contributed by atoms with Gasteiger partial charge in [0.1, 0.15) is 5.69 Å². The molecular weight excluding hydrogens is 240 g/mol. The number of rotatable bonds is 4. The smallest absolute Gasteiger partial charge is 0.287 e. The van der Waals surface area contributed by atoms with Crippen LogP contribution in [0.15, 0.2) is 12.3 Å². The maximum absolute atomic E-state index is 11.8. The maximum Gasteiger partial charge on any atom is 0.287 e. The summed E-state index contributed by atoms with van der Waals surface area (Å²) in [5.41, 5.74) is 0.0384. The minimum Gasteiger partial charge on any atom is -0.378 e. The summed E-state index contributed by atoms with van der Waals surface area (Å²) >= 11 is 0. The Hall–Kier alpha value is -1.93. The Balaban J connectivity index is 2.00. The van der Waals surface area contributed by atoms with Crippen LogP contribution in [-0.4, -0.2) is 48.2 Å². The number of H-pyrrole nitrogens is 1. The lowest BCUT2D eigenvalue weighted by molar-refractivity contribution is -0.384. The molecule has 2 heterocycles. The second-order valence-electron chi connectivity index (χ2n) is 4.04. The highest BCUT2D eigenvalue weighted by atomic mass is 16.6. The van der Waals surface area contributed by atoms with Crippen LogP contribution in [0.4, 0.5) is 5.69 Å². The number of hydrogen-bond donors (Lipinski definition) is 3. The predicted octanol–water partition coefficient (Wildman–Crippen LogP) is -0.360. The van der Waals surface area contributed by atoms with Crippen LogP contribution in [0.25, 0.3) is 0 Å². The first-order chi connectivity index (χ1) is 8.61. The van der Waals surface area contributed by atoms with E-state index in [0.717, 1.165) is 0 Å². The van der Waals surface area contributed by atoms with Crippen molar-refractivity contribution in [3.8, 4) is 0 Å². The first-order valence-electron chi connectivity index (χ1n) is 5.49. The van der Waals surface area contributed by atoms with E-state index in [2.05, 4.69) is 15.6 Å². The van der Waals surface area contributed by atoms with E-state index in [-0.39, 0.29) is 29.4 Å². The molecule has 18 heavy (non-hydrogen) atoms. The number of aromatic nitrogens is 1. The van der Waals surface area contributed by atoms with Crippen molar-refractivity contribution >= 4 is 11.6 Å². The van der Waals surface area contributed by atoms with E-state index in [4.69, 9.17) is 4.74 Å². The average molecular weight is 254 g/mol. The number of ether oxygens (including phenoxy) is 1. The molecule has 98 valence electrons. The zero-order chi connectivity index (χ0) is 13.1. The van der Waals surface area contributed by atoms with E-state index >= 15 is 0 Å². The Labute approximate surface area is 103 Å². The molecule has 0 radical (unpaired) electrons. The van der Waals surface area contributed by atoms with Gasteiger partial charge in [0.25, 0.3) is 11.6 Å². The first-order valence-corrected chi connectivity index (χ1v) is 5.49. The number of methoxy groups -OCH3 is 1. The van der Waals surface area contributed by atoms with E-state index in [0.29, 0.717) is 13.1 Å². The molecule has 3 N–H and O–H groups in total. The number of aromatic amines is 1. The zero-order valence-electron chi connectivity index (χ0n) is 9.80. The van der Waals surface area contributed by atoms with Crippen molar-refractivity contribution < 1.29 is 14.5 Å². The molecule has 0 spiro atoms. The van der Waals surface area contributed by atoms with Gasteiger partial charge in [0, 0.05) is 26.3 Å². The lowest BCUT2D eigenvalue weighted by Crippen LogP contribution is -2.43. The topological polar surface area (TPSA) is 109 Å². The number of amides is 1. The van der Waals surface area contributed by atoms with Crippen molar-refractivity contribution in [2.45, 2.75) is 12.1 Å². The lowest BCUT2D eigenvalue weighted by Gasteiger charge is -2.17. The molecule has 1 aromatic heterocycles. The largest absolute Gasteiger partial charge is 0.378 e. The van der Waals surface area contributed by atoms with Gasteiger partial charge in [0.2, 0.25) is 0 Å². The summed E-state index contributed by atoms with van der Waals surface area (Å²) < 4.78 is 5.21. The van der Waals surface area contributed by atoms with Crippen LogP contribution in [0.1, 0.15) is 10.5 Å². The Kier molecular flexibility index (Phi) is 3.58. The third kappa shape index (κ3) is 2.49. The van der Waals surface area contributed by atoms with Crippen molar-refractivity contribution in [3.05, 3.63) is 28.1 Å². The van der Waals surface area contributed by atoms with Crippen molar-refractivity contribution in [1.82, 2.24) is 15.6 Å². The molecule has 0 saturated carbocycles. The normalized spacial score (nSPS) is 22.9. The van der Waals surface area contributed by atoms with Gasteiger partial charge in [0.15, 0.2) is 0 Å². The fourth-order valence-corrected chi connectivity index (χ4v) is 1.91. The van der Waals surface area contributed by atoms with Gasteiger partial charge < -0.3 is 20.4 Å². The predicted molar refractivity (Wildman–Crippen MR) is 62.4 cm³/mol. The van der Waals surface area contributed by atoms with Crippen LogP contribution in [-0.2, 0) is 4.74 Å². The Bertz CT molecular complexity index is 458. The minimum absolute atomic E-state index is 0.0844. The van der Waals surface area contributed by atoms with E-state index in [1.165, 1.54) is 12.3 Å². The van der Waals surface area contributed by atoms with E-state index in [9.17, 15) is 14.9 Å². The van der Waals surface area contributed by atoms with Gasteiger partial charge in [-0.2, -0.15) is 0 Å². The molecule has 8 heteroatoms. The molecule has 0 aliphatic carbocycles. The quantitative estimate of drug-likeness (QED) is 0.502. The van der Waals surface area contributed by atoms with E-state index in [1.54, 1.807) is 7.11 Å². The summed E-state index contributed by atoms with van der Waals surface area (Å²) in [7, 11) is 1.58. The summed E-state index contributed by atoms with van der Waals surface area (Å²) in [5, 5.41) is 16.4. The highest BCUT2D eigenvalue weighted by Crippen LogP contribution is 2.12. The van der Waals surface area contributed by atoms with E-state index in [1.807, 2.05) is 0 Å². The molecule has 0 aromatic carbocycles. The molecule has 1 saturated heterocycles. The summed E-state index contributed by atoms with van der Waals surface area (Å²) in [4.78, 5) is 24.4. The third-order valence-electron chi connectivity index (χ3n) is 2.90. The number of carbonyl (C=O) groups excluding carboxylic acids is 1. The van der Waals surface area contributed by atoms with Crippen molar-refractivity contribution in [2.75, 3.05) is 20.2 Å². The van der Waals surface area contributed by atoms with Crippen molar-refractivity contribution in [2.24, 2.45) is 0 Å². The minimum atomic E-state index is -0.553. The molecule has 1 unspecified atom stereocenters. The fraction of sp³-hybridized carbons (Fsp3) is 0.500. The van der Waals surface area contributed by atoms with Crippen LogP contribution < -0.4 is 10.6 Å². The van der Waals surface area contributed by atoms with Crippen LogP contribution in [0.5, 0.6) is 0 Å². The van der Waals surface area contributed by atoms with Gasteiger partial charge in [-0.15, -0.1) is 0 Å². The summed E-state index contributed by atoms with van der Waals surface area (Å²) in [6.07, 6.45) is 1.11. The molecule has 2 atom stereocenters.